The maximum Gasteiger partial charge on any atom is 0.317 e. The van der Waals surface area contributed by atoms with E-state index < -0.39 is 0 Å². The molecule has 28 heavy (non-hydrogen) atoms. The largest absolute Gasteiger partial charge is 0.338 e. The number of rotatable bonds is 8. The SMILES string of the molecule is CC(CCNC(=O)N1CCCN(CCCc2ccccc2)CC1)n1ccnc1. The summed E-state index contributed by atoms with van der Waals surface area (Å²) in [6.45, 7) is 7.64. The van der Waals surface area contributed by atoms with Crippen molar-refractivity contribution in [3.8, 4) is 0 Å². The van der Waals surface area contributed by atoms with Crippen LogP contribution in [0.1, 0.15) is 37.8 Å². The summed E-state index contributed by atoms with van der Waals surface area (Å²) < 4.78 is 2.07. The zero-order valence-electron chi connectivity index (χ0n) is 17.0. The van der Waals surface area contributed by atoms with Gasteiger partial charge in [-0.3, -0.25) is 0 Å². The molecule has 0 aliphatic carbocycles. The Morgan fingerprint density at radius 3 is 2.82 bits per heavy atom. The number of carbonyl (C=O) groups is 1. The zero-order valence-corrected chi connectivity index (χ0v) is 17.0. The van der Waals surface area contributed by atoms with Gasteiger partial charge in [-0.25, -0.2) is 9.78 Å². The number of carbonyl (C=O) groups excluding carboxylic acids is 1. The number of imidazole rings is 1. The van der Waals surface area contributed by atoms with Crippen LogP contribution in [0, 0.1) is 0 Å². The average molecular weight is 384 g/mol. The molecule has 1 atom stereocenters. The summed E-state index contributed by atoms with van der Waals surface area (Å²) in [5.74, 6) is 0. The molecule has 1 aromatic heterocycles. The lowest BCUT2D eigenvalue weighted by atomic mass is 10.1. The number of aromatic nitrogens is 2. The Morgan fingerprint density at radius 1 is 1.18 bits per heavy atom. The Labute approximate surface area is 168 Å². The van der Waals surface area contributed by atoms with Gasteiger partial charge in [0, 0.05) is 44.6 Å². The summed E-state index contributed by atoms with van der Waals surface area (Å²) in [5.41, 5.74) is 1.41. The third-order valence-corrected chi connectivity index (χ3v) is 5.53. The van der Waals surface area contributed by atoms with Gasteiger partial charge in [0.05, 0.1) is 6.33 Å². The standard InChI is InChI=1S/C22H33N5O/c1-20(27-16-12-23-19-27)10-11-24-22(28)26-15-6-14-25(17-18-26)13-5-9-21-7-3-2-4-8-21/h2-4,7-8,12,16,19-20H,5-6,9-11,13-15,17-18H2,1H3,(H,24,28). The van der Waals surface area contributed by atoms with Gasteiger partial charge in [0.15, 0.2) is 0 Å². The number of hydrogen-bond acceptors (Lipinski definition) is 3. The van der Waals surface area contributed by atoms with Gasteiger partial charge < -0.3 is 19.7 Å². The Morgan fingerprint density at radius 2 is 2.04 bits per heavy atom. The summed E-state index contributed by atoms with van der Waals surface area (Å²) in [6.07, 6.45) is 9.82. The van der Waals surface area contributed by atoms with Crippen molar-refractivity contribution in [2.24, 2.45) is 0 Å². The quantitative estimate of drug-likeness (QED) is 0.762. The molecule has 6 nitrogen and oxygen atoms in total. The predicted octanol–water partition coefficient (Wildman–Crippen LogP) is 3.18. The molecule has 152 valence electrons. The normalized spacial score (nSPS) is 16.5. The third kappa shape index (κ3) is 6.37. The van der Waals surface area contributed by atoms with E-state index >= 15 is 0 Å². The highest BCUT2D eigenvalue weighted by Gasteiger charge is 2.18. The first-order valence-electron chi connectivity index (χ1n) is 10.5. The van der Waals surface area contributed by atoms with Crippen molar-refractivity contribution in [1.82, 2.24) is 24.7 Å². The smallest absolute Gasteiger partial charge is 0.317 e. The minimum absolute atomic E-state index is 0.0731. The van der Waals surface area contributed by atoms with E-state index in [2.05, 4.69) is 57.0 Å². The molecule has 2 aromatic rings. The fraction of sp³-hybridized carbons (Fsp3) is 0.545. The van der Waals surface area contributed by atoms with E-state index in [9.17, 15) is 4.79 Å². The molecular weight excluding hydrogens is 350 g/mol. The summed E-state index contributed by atoms with van der Waals surface area (Å²) in [6, 6.07) is 11.1. The third-order valence-electron chi connectivity index (χ3n) is 5.53. The second-order valence-electron chi connectivity index (χ2n) is 7.65. The highest BCUT2D eigenvalue weighted by atomic mass is 16.2. The molecule has 0 spiro atoms. The van der Waals surface area contributed by atoms with Crippen LogP contribution in [-0.2, 0) is 6.42 Å². The number of nitrogens with zero attached hydrogens (tertiary/aromatic N) is 4. The van der Waals surface area contributed by atoms with Crippen LogP contribution in [0.25, 0.3) is 0 Å². The number of nitrogens with one attached hydrogen (secondary N) is 1. The second-order valence-corrected chi connectivity index (χ2v) is 7.65. The molecule has 2 amide bonds. The molecule has 1 aliphatic heterocycles. The molecule has 1 aliphatic rings. The van der Waals surface area contributed by atoms with Crippen LogP contribution in [0.3, 0.4) is 0 Å². The molecule has 3 rings (SSSR count). The number of amides is 2. The second kappa shape index (κ2) is 10.9. The Kier molecular flexibility index (Phi) is 7.91. The van der Waals surface area contributed by atoms with E-state index in [1.807, 2.05) is 17.4 Å². The predicted molar refractivity (Wildman–Crippen MR) is 112 cm³/mol. The Bertz CT molecular complexity index is 688. The molecule has 1 saturated heterocycles. The monoisotopic (exact) mass is 383 g/mol. The van der Waals surface area contributed by atoms with Gasteiger partial charge in [0.25, 0.3) is 0 Å². The molecule has 0 saturated carbocycles. The van der Waals surface area contributed by atoms with Gasteiger partial charge in [-0.05, 0) is 51.3 Å². The van der Waals surface area contributed by atoms with Crippen molar-refractivity contribution in [2.75, 3.05) is 39.3 Å². The van der Waals surface area contributed by atoms with E-state index in [4.69, 9.17) is 0 Å². The molecular formula is C22H33N5O. The van der Waals surface area contributed by atoms with E-state index in [0.717, 1.165) is 52.0 Å². The van der Waals surface area contributed by atoms with Crippen LogP contribution in [0.4, 0.5) is 4.79 Å². The van der Waals surface area contributed by atoms with Crippen LogP contribution >= 0.6 is 0 Å². The highest BCUT2D eigenvalue weighted by Crippen LogP contribution is 2.10. The molecule has 1 aromatic carbocycles. The molecule has 1 N–H and O–H groups in total. The first kappa shape index (κ1) is 20.4. The van der Waals surface area contributed by atoms with Crippen molar-refractivity contribution >= 4 is 6.03 Å². The van der Waals surface area contributed by atoms with Crippen molar-refractivity contribution in [2.45, 2.75) is 38.6 Å². The summed E-state index contributed by atoms with van der Waals surface area (Å²) >= 11 is 0. The average Bonchev–Trinajstić information content (AvgIpc) is 3.15. The lowest BCUT2D eigenvalue weighted by Crippen LogP contribution is -2.42. The van der Waals surface area contributed by atoms with Crippen LogP contribution < -0.4 is 5.32 Å². The Balaban J connectivity index is 1.33. The number of benzene rings is 1. The maximum absolute atomic E-state index is 12.5. The van der Waals surface area contributed by atoms with E-state index in [0.29, 0.717) is 12.6 Å². The number of hydrogen-bond donors (Lipinski definition) is 1. The van der Waals surface area contributed by atoms with Crippen molar-refractivity contribution < 1.29 is 4.79 Å². The van der Waals surface area contributed by atoms with Crippen molar-refractivity contribution in [3.05, 3.63) is 54.6 Å². The van der Waals surface area contributed by atoms with Crippen molar-refractivity contribution in [3.63, 3.8) is 0 Å². The van der Waals surface area contributed by atoms with Gasteiger partial charge in [-0.2, -0.15) is 0 Å². The van der Waals surface area contributed by atoms with Crippen LogP contribution in [0.2, 0.25) is 0 Å². The van der Waals surface area contributed by atoms with E-state index in [1.54, 1.807) is 6.20 Å². The van der Waals surface area contributed by atoms with Crippen LogP contribution in [-0.4, -0.2) is 64.7 Å². The zero-order chi connectivity index (χ0) is 19.6. The fourth-order valence-corrected chi connectivity index (χ4v) is 3.73. The van der Waals surface area contributed by atoms with Gasteiger partial charge >= 0.3 is 6.03 Å². The fourth-order valence-electron chi connectivity index (χ4n) is 3.73. The first-order valence-corrected chi connectivity index (χ1v) is 10.5. The minimum Gasteiger partial charge on any atom is -0.338 e. The lowest BCUT2D eigenvalue weighted by molar-refractivity contribution is 0.197. The number of urea groups is 1. The van der Waals surface area contributed by atoms with Gasteiger partial charge in [-0.1, -0.05) is 30.3 Å². The topological polar surface area (TPSA) is 53.4 Å². The molecule has 0 radical (unpaired) electrons. The molecule has 1 unspecified atom stereocenters. The molecule has 0 bridgehead atoms. The van der Waals surface area contributed by atoms with Gasteiger partial charge in [0.1, 0.15) is 0 Å². The molecule has 2 heterocycles. The van der Waals surface area contributed by atoms with Crippen molar-refractivity contribution in [1.29, 1.82) is 0 Å². The summed E-state index contributed by atoms with van der Waals surface area (Å²) in [7, 11) is 0. The van der Waals surface area contributed by atoms with Crippen LogP contribution in [0.5, 0.6) is 0 Å². The van der Waals surface area contributed by atoms with E-state index in [-0.39, 0.29) is 6.03 Å². The van der Waals surface area contributed by atoms with Crippen LogP contribution in [0.15, 0.2) is 49.1 Å². The molecule has 6 heteroatoms. The number of aryl methyl sites for hydroxylation is 1. The highest BCUT2D eigenvalue weighted by molar-refractivity contribution is 5.74. The first-order chi connectivity index (χ1) is 13.7. The van der Waals surface area contributed by atoms with Gasteiger partial charge in [0.2, 0.25) is 0 Å². The summed E-state index contributed by atoms with van der Waals surface area (Å²) in [4.78, 5) is 21.0. The Hall–Kier alpha value is -2.34. The maximum atomic E-state index is 12.5. The molecule has 1 fully saturated rings. The lowest BCUT2D eigenvalue weighted by Gasteiger charge is -2.23. The van der Waals surface area contributed by atoms with E-state index in [1.165, 1.54) is 12.0 Å². The van der Waals surface area contributed by atoms with Gasteiger partial charge in [-0.15, -0.1) is 0 Å². The minimum atomic E-state index is 0.0731. The summed E-state index contributed by atoms with van der Waals surface area (Å²) in [5, 5.41) is 3.09.